The van der Waals surface area contributed by atoms with Gasteiger partial charge in [0, 0.05) is 6.54 Å². The molecule has 2 aliphatic rings. The van der Waals surface area contributed by atoms with Crippen LogP contribution in [0.4, 0.5) is 0 Å². The van der Waals surface area contributed by atoms with E-state index >= 15 is 0 Å². The predicted octanol–water partition coefficient (Wildman–Crippen LogP) is 4.53. The molecule has 0 heterocycles. The number of rotatable bonds is 3. The van der Waals surface area contributed by atoms with Crippen LogP contribution in [0.2, 0.25) is 0 Å². The monoisotopic (exact) mass is 279 g/mol. The van der Waals surface area contributed by atoms with Crippen molar-refractivity contribution in [3.8, 4) is 0 Å². The highest BCUT2D eigenvalue weighted by Crippen LogP contribution is 2.56. The molecule has 2 aliphatic carbocycles. The van der Waals surface area contributed by atoms with Crippen molar-refractivity contribution in [2.75, 3.05) is 20.6 Å². The van der Waals surface area contributed by atoms with E-state index in [0.717, 1.165) is 23.7 Å². The van der Waals surface area contributed by atoms with Crippen LogP contribution in [0, 0.1) is 17.8 Å². The lowest BCUT2D eigenvalue weighted by Gasteiger charge is -2.33. The van der Waals surface area contributed by atoms with Gasteiger partial charge in [0.15, 0.2) is 0 Å². The largest absolute Gasteiger partial charge is 0.309 e. The first kappa shape index (κ1) is 13.3. The summed E-state index contributed by atoms with van der Waals surface area (Å²) < 4.78 is 0. The van der Waals surface area contributed by atoms with Crippen LogP contribution in [0.15, 0.2) is 42.5 Å². The minimum atomic E-state index is 0.788. The number of hydrogen-bond donors (Lipinski definition) is 0. The lowest BCUT2D eigenvalue weighted by atomic mass is 9.75. The van der Waals surface area contributed by atoms with Crippen molar-refractivity contribution < 1.29 is 0 Å². The first-order valence-electron chi connectivity index (χ1n) is 8.36. The van der Waals surface area contributed by atoms with Gasteiger partial charge in [-0.1, -0.05) is 42.5 Å². The Hall–Kier alpha value is -1.34. The summed E-state index contributed by atoms with van der Waals surface area (Å²) in [6, 6.07) is 16.0. The molecule has 2 bridgehead atoms. The molecule has 0 amide bonds. The SMILES string of the molecule is CN(C)C[C@@H]1[C@H]2CC[C@@H](C2)[C@H]1c1ccc2ccccc2c1. The fourth-order valence-corrected chi connectivity index (χ4v) is 5.03. The molecule has 1 heteroatoms. The van der Waals surface area contributed by atoms with Gasteiger partial charge in [0.1, 0.15) is 0 Å². The number of hydrogen-bond acceptors (Lipinski definition) is 1. The van der Waals surface area contributed by atoms with Gasteiger partial charge in [0.05, 0.1) is 0 Å². The minimum absolute atomic E-state index is 0.788. The molecule has 0 unspecified atom stereocenters. The molecule has 4 atom stereocenters. The maximum Gasteiger partial charge on any atom is 0.00122 e. The number of nitrogens with zero attached hydrogens (tertiary/aromatic N) is 1. The molecule has 4 rings (SSSR count). The van der Waals surface area contributed by atoms with Crippen molar-refractivity contribution in [1.29, 1.82) is 0 Å². The second-order valence-corrected chi connectivity index (χ2v) is 7.39. The maximum atomic E-state index is 2.46. The summed E-state index contributed by atoms with van der Waals surface area (Å²) in [6.45, 7) is 1.25. The van der Waals surface area contributed by atoms with Crippen LogP contribution >= 0.6 is 0 Å². The average Bonchev–Trinajstić information content (AvgIpc) is 3.07. The zero-order chi connectivity index (χ0) is 14.4. The van der Waals surface area contributed by atoms with Crippen molar-refractivity contribution in [1.82, 2.24) is 4.90 Å². The summed E-state index contributed by atoms with van der Waals surface area (Å²) >= 11 is 0. The van der Waals surface area contributed by atoms with Gasteiger partial charge >= 0.3 is 0 Å². The number of fused-ring (bicyclic) bond motifs is 3. The third-order valence-electron chi connectivity index (χ3n) is 5.82. The summed E-state index contributed by atoms with van der Waals surface area (Å²) in [7, 11) is 4.45. The Kier molecular flexibility index (Phi) is 3.26. The Bertz CT molecular complexity index is 645. The van der Waals surface area contributed by atoms with E-state index in [9.17, 15) is 0 Å². The molecule has 0 saturated heterocycles. The fraction of sp³-hybridized carbons (Fsp3) is 0.500. The molecular weight excluding hydrogens is 254 g/mol. The molecule has 2 fully saturated rings. The summed E-state index contributed by atoms with van der Waals surface area (Å²) in [5, 5.41) is 2.77. The van der Waals surface area contributed by atoms with Crippen LogP contribution in [-0.2, 0) is 0 Å². The molecule has 0 spiro atoms. The van der Waals surface area contributed by atoms with Crippen LogP contribution in [0.5, 0.6) is 0 Å². The Morgan fingerprint density at radius 2 is 1.71 bits per heavy atom. The van der Waals surface area contributed by atoms with Crippen LogP contribution < -0.4 is 0 Å². The van der Waals surface area contributed by atoms with Crippen molar-refractivity contribution in [2.45, 2.75) is 25.2 Å². The Morgan fingerprint density at radius 1 is 0.952 bits per heavy atom. The van der Waals surface area contributed by atoms with E-state index in [1.807, 2.05) is 0 Å². The van der Waals surface area contributed by atoms with Crippen LogP contribution in [0.25, 0.3) is 10.8 Å². The van der Waals surface area contributed by atoms with E-state index in [4.69, 9.17) is 0 Å². The first-order chi connectivity index (χ1) is 10.2. The predicted molar refractivity (Wildman–Crippen MR) is 89.6 cm³/mol. The van der Waals surface area contributed by atoms with E-state index < -0.39 is 0 Å². The second kappa shape index (κ2) is 5.14. The highest BCUT2D eigenvalue weighted by Gasteiger charge is 2.47. The third kappa shape index (κ3) is 2.28. The zero-order valence-electron chi connectivity index (χ0n) is 13.1. The molecule has 110 valence electrons. The van der Waals surface area contributed by atoms with Gasteiger partial charge < -0.3 is 4.90 Å². The quantitative estimate of drug-likeness (QED) is 0.798. The normalized spacial score (nSPS) is 31.4. The molecule has 2 aromatic rings. The Labute approximate surface area is 128 Å². The fourth-order valence-electron chi connectivity index (χ4n) is 5.03. The first-order valence-corrected chi connectivity index (χ1v) is 8.36. The third-order valence-corrected chi connectivity index (χ3v) is 5.82. The molecule has 2 aromatic carbocycles. The van der Waals surface area contributed by atoms with E-state index in [1.165, 1.54) is 36.6 Å². The van der Waals surface area contributed by atoms with Crippen LogP contribution in [0.1, 0.15) is 30.7 Å². The van der Waals surface area contributed by atoms with Gasteiger partial charge in [-0.05, 0) is 73.4 Å². The minimum Gasteiger partial charge on any atom is -0.309 e. The van der Waals surface area contributed by atoms with E-state index in [-0.39, 0.29) is 0 Å². The van der Waals surface area contributed by atoms with Crippen LogP contribution in [0.3, 0.4) is 0 Å². The summed E-state index contributed by atoms with van der Waals surface area (Å²) in [5.74, 6) is 3.55. The Balaban J connectivity index is 1.71. The van der Waals surface area contributed by atoms with Gasteiger partial charge in [0.2, 0.25) is 0 Å². The maximum absolute atomic E-state index is 2.46. The highest BCUT2D eigenvalue weighted by atomic mass is 15.1. The second-order valence-electron chi connectivity index (χ2n) is 7.39. The average molecular weight is 279 g/mol. The summed E-state index contributed by atoms with van der Waals surface area (Å²) in [6.07, 6.45) is 4.38. The number of benzene rings is 2. The van der Waals surface area contributed by atoms with Gasteiger partial charge in [-0.3, -0.25) is 0 Å². The lowest BCUT2D eigenvalue weighted by molar-refractivity contribution is 0.219. The van der Waals surface area contributed by atoms with Crippen molar-refractivity contribution >= 4 is 10.8 Å². The smallest absolute Gasteiger partial charge is 0.00122 e. The topological polar surface area (TPSA) is 3.24 Å². The molecular formula is C20H25N. The van der Waals surface area contributed by atoms with E-state index in [0.29, 0.717) is 0 Å². The molecule has 21 heavy (non-hydrogen) atoms. The van der Waals surface area contributed by atoms with Crippen molar-refractivity contribution in [2.24, 2.45) is 17.8 Å². The van der Waals surface area contributed by atoms with Gasteiger partial charge in [-0.15, -0.1) is 0 Å². The highest BCUT2D eigenvalue weighted by molar-refractivity contribution is 5.83. The molecule has 0 aliphatic heterocycles. The lowest BCUT2D eigenvalue weighted by Crippen LogP contribution is -2.30. The van der Waals surface area contributed by atoms with Gasteiger partial charge in [0.25, 0.3) is 0 Å². The van der Waals surface area contributed by atoms with Crippen molar-refractivity contribution in [3.05, 3.63) is 48.0 Å². The molecule has 0 radical (unpaired) electrons. The van der Waals surface area contributed by atoms with E-state index in [1.54, 1.807) is 5.56 Å². The van der Waals surface area contributed by atoms with E-state index in [2.05, 4.69) is 61.5 Å². The van der Waals surface area contributed by atoms with Crippen molar-refractivity contribution in [3.63, 3.8) is 0 Å². The summed E-state index contributed by atoms with van der Waals surface area (Å²) in [4.78, 5) is 2.39. The molecule has 1 nitrogen and oxygen atoms in total. The molecule has 2 saturated carbocycles. The molecule has 0 aromatic heterocycles. The zero-order valence-corrected chi connectivity index (χ0v) is 13.1. The standard InChI is InChI=1S/C20H25N/c1-21(2)13-19-16-8-10-18(12-16)20(19)17-9-7-14-5-3-4-6-15(14)11-17/h3-7,9,11,16,18-20H,8,10,12-13H2,1-2H3/t16-,18-,19+,20+/m0/s1. The molecule has 0 N–H and O–H groups in total. The Morgan fingerprint density at radius 3 is 2.52 bits per heavy atom. The summed E-state index contributed by atoms with van der Waals surface area (Å²) in [5.41, 5.74) is 1.59. The van der Waals surface area contributed by atoms with Gasteiger partial charge in [-0.2, -0.15) is 0 Å². The van der Waals surface area contributed by atoms with Gasteiger partial charge in [-0.25, -0.2) is 0 Å². The van der Waals surface area contributed by atoms with Crippen LogP contribution in [-0.4, -0.2) is 25.5 Å².